The molecule has 0 bridgehead atoms. The van der Waals surface area contributed by atoms with Crippen molar-refractivity contribution in [3.63, 3.8) is 0 Å². The Morgan fingerprint density at radius 1 is 1.30 bits per heavy atom. The standard InChI is InChI=1S/C17H21NO2/c1-2-20-15-7-8-16-14(11-15)9-10-18(16)12-17(19)13-5-3-4-6-13/h7-11,13H,2-6,12H2,1H3. The molecule has 0 saturated heterocycles. The van der Waals surface area contributed by atoms with Gasteiger partial charge in [-0.2, -0.15) is 0 Å². The normalized spacial score (nSPS) is 15.8. The number of benzene rings is 1. The van der Waals surface area contributed by atoms with Crippen molar-refractivity contribution in [2.45, 2.75) is 39.2 Å². The highest BCUT2D eigenvalue weighted by molar-refractivity contribution is 5.86. The molecule has 1 heterocycles. The number of ketones is 1. The number of hydrogen-bond acceptors (Lipinski definition) is 2. The van der Waals surface area contributed by atoms with Crippen molar-refractivity contribution in [3.8, 4) is 5.75 Å². The summed E-state index contributed by atoms with van der Waals surface area (Å²) in [4.78, 5) is 12.3. The molecule has 1 aromatic carbocycles. The van der Waals surface area contributed by atoms with Crippen molar-refractivity contribution in [3.05, 3.63) is 30.5 Å². The van der Waals surface area contributed by atoms with Gasteiger partial charge in [-0.3, -0.25) is 4.79 Å². The van der Waals surface area contributed by atoms with E-state index >= 15 is 0 Å². The Labute approximate surface area is 119 Å². The summed E-state index contributed by atoms with van der Waals surface area (Å²) in [6.45, 7) is 3.16. The highest BCUT2D eigenvalue weighted by Crippen LogP contribution is 2.27. The lowest BCUT2D eigenvalue weighted by molar-refractivity contribution is -0.123. The van der Waals surface area contributed by atoms with Crippen LogP contribution in [0.4, 0.5) is 0 Å². The maximum absolute atomic E-state index is 12.3. The van der Waals surface area contributed by atoms with Gasteiger partial charge in [0, 0.05) is 23.0 Å². The second-order valence-corrected chi connectivity index (χ2v) is 5.54. The molecule has 106 valence electrons. The Bertz CT molecular complexity index is 608. The summed E-state index contributed by atoms with van der Waals surface area (Å²) in [5.74, 6) is 1.56. The molecule has 1 aliphatic carbocycles. The van der Waals surface area contributed by atoms with Gasteiger partial charge in [-0.05, 0) is 44.0 Å². The van der Waals surface area contributed by atoms with Crippen LogP contribution in [0.5, 0.6) is 5.75 Å². The van der Waals surface area contributed by atoms with E-state index in [1.54, 1.807) is 0 Å². The number of rotatable bonds is 5. The summed E-state index contributed by atoms with van der Waals surface area (Å²) in [6, 6.07) is 8.11. The zero-order chi connectivity index (χ0) is 13.9. The molecule has 1 aromatic heterocycles. The maximum Gasteiger partial charge on any atom is 0.155 e. The van der Waals surface area contributed by atoms with Crippen LogP contribution in [0.15, 0.2) is 30.5 Å². The van der Waals surface area contributed by atoms with Gasteiger partial charge in [-0.15, -0.1) is 0 Å². The quantitative estimate of drug-likeness (QED) is 0.828. The SMILES string of the molecule is CCOc1ccc2c(ccn2CC(=O)C2CCCC2)c1. The molecule has 0 radical (unpaired) electrons. The molecule has 1 saturated carbocycles. The Kier molecular flexibility index (Phi) is 3.77. The van der Waals surface area contributed by atoms with Gasteiger partial charge >= 0.3 is 0 Å². The molecule has 3 nitrogen and oxygen atoms in total. The van der Waals surface area contributed by atoms with Crippen molar-refractivity contribution >= 4 is 16.7 Å². The van der Waals surface area contributed by atoms with E-state index in [9.17, 15) is 4.79 Å². The van der Waals surface area contributed by atoms with Crippen LogP contribution in [0.25, 0.3) is 10.9 Å². The number of carbonyl (C=O) groups excluding carboxylic acids is 1. The van der Waals surface area contributed by atoms with Crippen LogP contribution < -0.4 is 4.74 Å². The summed E-state index contributed by atoms with van der Waals surface area (Å²) in [6.07, 6.45) is 6.58. The third-order valence-corrected chi connectivity index (χ3v) is 4.19. The number of aromatic nitrogens is 1. The van der Waals surface area contributed by atoms with Crippen LogP contribution in [-0.2, 0) is 11.3 Å². The first-order valence-corrected chi connectivity index (χ1v) is 7.52. The van der Waals surface area contributed by atoms with E-state index in [0.29, 0.717) is 18.9 Å². The number of nitrogens with zero attached hydrogens (tertiary/aromatic N) is 1. The Balaban J connectivity index is 1.79. The second kappa shape index (κ2) is 5.70. The third kappa shape index (κ3) is 2.58. The Morgan fingerprint density at radius 2 is 2.10 bits per heavy atom. The summed E-state index contributed by atoms with van der Waals surface area (Å²) in [7, 11) is 0. The van der Waals surface area contributed by atoms with Crippen LogP contribution in [0, 0.1) is 5.92 Å². The van der Waals surface area contributed by atoms with Crippen molar-refractivity contribution in [1.29, 1.82) is 0 Å². The van der Waals surface area contributed by atoms with Crippen LogP contribution in [0.1, 0.15) is 32.6 Å². The molecule has 3 rings (SSSR count). The summed E-state index contributed by atoms with van der Waals surface area (Å²) in [5, 5.41) is 1.13. The lowest BCUT2D eigenvalue weighted by atomic mass is 10.0. The van der Waals surface area contributed by atoms with Gasteiger partial charge in [-0.25, -0.2) is 0 Å². The average molecular weight is 271 g/mol. The highest BCUT2D eigenvalue weighted by Gasteiger charge is 2.22. The first kappa shape index (κ1) is 13.2. The molecule has 0 amide bonds. The average Bonchev–Trinajstić information content (AvgIpc) is 3.09. The van der Waals surface area contributed by atoms with Crippen molar-refractivity contribution in [1.82, 2.24) is 4.57 Å². The first-order valence-electron chi connectivity index (χ1n) is 7.52. The monoisotopic (exact) mass is 271 g/mol. The molecule has 0 aliphatic heterocycles. The van der Waals surface area contributed by atoms with Crippen molar-refractivity contribution in [2.24, 2.45) is 5.92 Å². The molecule has 1 aliphatic rings. The summed E-state index contributed by atoms with van der Waals surface area (Å²) >= 11 is 0. The molecule has 0 spiro atoms. The summed E-state index contributed by atoms with van der Waals surface area (Å²) < 4.78 is 7.57. The number of hydrogen-bond donors (Lipinski definition) is 0. The second-order valence-electron chi connectivity index (χ2n) is 5.54. The van der Waals surface area contributed by atoms with Gasteiger partial charge in [0.15, 0.2) is 5.78 Å². The largest absolute Gasteiger partial charge is 0.494 e. The number of Topliss-reactive ketones (excluding diaryl/α,β-unsaturated/α-hetero) is 1. The first-order chi connectivity index (χ1) is 9.78. The van der Waals surface area contributed by atoms with Crippen LogP contribution in [0.3, 0.4) is 0 Å². The minimum atomic E-state index is 0.287. The van der Waals surface area contributed by atoms with E-state index in [1.807, 2.05) is 31.3 Å². The predicted octanol–water partition coefficient (Wildman–Crippen LogP) is 3.80. The van der Waals surface area contributed by atoms with Gasteiger partial charge in [0.25, 0.3) is 0 Å². The van der Waals surface area contributed by atoms with E-state index in [-0.39, 0.29) is 5.92 Å². The van der Waals surface area contributed by atoms with Crippen molar-refractivity contribution < 1.29 is 9.53 Å². The summed E-state index contributed by atoms with van der Waals surface area (Å²) in [5.41, 5.74) is 1.11. The third-order valence-electron chi connectivity index (χ3n) is 4.19. The van der Waals surface area contributed by atoms with Gasteiger partial charge in [0.05, 0.1) is 13.2 Å². The fraction of sp³-hybridized carbons (Fsp3) is 0.471. The topological polar surface area (TPSA) is 31.2 Å². The lowest BCUT2D eigenvalue weighted by Gasteiger charge is -2.10. The van der Waals surface area contributed by atoms with Gasteiger partial charge in [-0.1, -0.05) is 12.8 Å². The van der Waals surface area contributed by atoms with E-state index in [2.05, 4.69) is 10.6 Å². The van der Waals surface area contributed by atoms with Gasteiger partial charge in [0.1, 0.15) is 5.75 Å². The molecular weight excluding hydrogens is 250 g/mol. The van der Waals surface area contributed by atoms with E-state index in [1.165, 1.54) is 12.8 Å². The fourth-order valence-corrected chi connectivity index (χ4v) is 3.12. The molecule has 0 N–H and O–H groups in total. The fourth-order valence-electron chi connectivity index (χ4n) is 3.12. The van der Waals surface area contributed by atoms with Gasteiger partial charge in [0.2, 0.25) is 0 Å². The smallest absolute Gasteiger partial charge is 0.155 e. The molecule has 0 unspecified atom stereocenters. The minimum absolute atomic E-state index is 0.287. The number of carbonyl (C=O) groups is 1. The Morgan fingerprint density at radius 3 is 2.85 bits per heavy atom. The molecule has 20 heavy (non-hydrogen) atoms. The molecule has 3 heteroatoms. The van der Waals surface area contributed by atoms with E-state index in [0.717, 1.165) is 29.5 Å². The highest BCUT2D eigenvalue weighted by atomic mass is 16.5. The molecule has 2 aromatic rings. The van der Waals surface area contributed by atoms with Crippen LogP contribution in [0.2, 0.25) is 0 Å². The zero-order valence-corrected chi connectivity index (χ0v) is 12.0. The van der Waals surface area contributed by atoms with Crippen molar-refractivity contribution in [2.75, 3.05) is 6.61 Å². The lowest BCUT2D eigenvalue weighted by Crippen LogP contribution is -2.17. The van der Waals surface area contributed by atoms with E-state index in [4.69, 9.17) is 4.74 Å². The Hall–Kier alpha value is -1.77. The number of fused-ring (bicyclic) bond motifs is 1. The molecule has 1 fully saturated rings. The zero-order valence-electron chi connectivity index (χ0n) is 12.0. The maximum atomic E-state index is 12.3. The van der Waals surface area contributed by atoms with Crippen LogP contribution >= 0.6 is 0 Å². The minimum Gasteiger partial charge on any atom is -0.494 e. The van der Waals surface area contributed by atoms with Gasteiger partial charge < -0.3 is 9.30 Å². The molecule has 0 atom stereocenters. The van der Waals surface area contributed by atoms with Crippen LogP contribution in [-0.4, -0.2) is 17.0 Å². The molecular formula is C17H21NO2. The predicted molar refractivity (Wildman–Crippen MR) is 80.1 cm³/mol. The number of ether oxygens (including phenoxy) is 1. The van der Waals surface area contributed by atoms with E-state index < -0.39 is 0 Å².